The number of aliphatic carboxylic acids is 1. The van der Waals surface area contributed by atoms with Gasteiger partial charge in [-0.05, 0) is 48.9 Å². The highest BCUT2D eigenvalue weighted by Gasteiger charge is 2.45. The van der Waals surface area contributed by atoms with E-state index in [-0.39, 0.29) is 5.92 Å². The van der Waals surface area contributed by atoms with Gasteiger partial charge in [0.15, 0.2) is 0 Å². The topological polar surface area (TPSA) is 37.3 Å². The fourth-order valence-corrected chi connectivity index (χ4v) is 4.34. The van der Waals surface area contributed by atoms with Crippen LogP contribution in [-0.4, -0.2) is 11.1 Å². The van der Waals surface area contributed by atoms with Crippen molar-refractivity contribution >= 4 is 5.97 Å². The second kappa shape index (κ2) is 4.62. The van der Waals surface area contributed by atoms with E-state index >= 15 is 0 Å². The van der Waals surface area contributed by atoms with Crippen molar-refractivity contribution in [3.05, 3.63) is 0 Å². The predicted molar refractivity (Wildman–Crippen MR) is 68.8 cm³/mol. The van der Waals surface area contributed by atoms with Crippen LogP contribution >= 0.6 is 0 Å². The number of carboxylic acid groups (broad SMARTS) is 1. The molecule has 98 valence electrons. The van der Waals surface area contributed by atoms with Crippen molar-refractivity contribution < 1.29 is 9.90 Å². The summed E-state index contributed by atoms with van der Waals surface area (Å²) < 4.78 is 0. The van der Waals surface area contributed by atoms with Gasteiger partial charge in [0.1, 0.15) is 0 Å². The molecule has 2 aliphatic carbocycles. The monoisotopic (exact) mass is 238 g/mol. The Labute approximate surface area is 105 Å². The summed E-state index contributed by atoms with van der Waals surface area (Å²) in [7, 11) is 0. The van der Waals surface area contributed by atoms with Crippen molar-refractivity contribution in [1.82, 2.24) is 0 Å². The summed E-state index contributed by atoms with van der Waals surface area (Å²) in [6.45, 7) is 6.70. The van der Waals surface area contributed by atoms with Crippen LogP contribution in [0.5, 0.6) is 0 Å². The van der Waals surface area contributed by atoms with Gasteiger partial charge in [-0.15, -0.1) is 0 Å². The van der Waals surface area contributed by atoms with Gasteiger partial charge in [-0.2, -0.15) is 0 Å². The smallest absolute Gasteiger partial charge is 0.306 e. The van der Waals surface area contributed by atoms with Gasteiger partial charge in [-0.3, -0.25) is 4.79 Å². The van der Waals surface area contributed by atoms with E-state index in [2.05, 4.69) is 13.8 Å². The summed E-state index contributed by atoms with van der Waals surface area (Å²) in [4.78, 5) is 11.1. The largest absolute Gasteiger partial charge is 0.481 e. The van der Waals surface area contributed by atoms with Crippen molar-refractivity contribution in [2.75, 3.05) is 0 Å². The Morgan fingerprint density at radius 3 is 2.71 bits per heavy atom. The maximum Gasteiger partial charge on any atom is 0.306 e. The average molecular weight is 238 g/mol. The molecule has 2 saturated carbocycles. The number of fused-ring (bicyclic) bond motifs is 1. The van der Waals surface area contributed by atoms with E-state index in [0.29, 0.717) is 11.3 Å². The molecule has 0 amide bonds. The molecular formula is C15H26O2. The van der Waals surface area contributed by atoms with E-state index in [0.717, 1.165) is 24.7 Å². The maximum atomic E-state index is 11.1. The molecule has 0 aromatic carbocycles. The highest BCUT2D eigenvalue weighted by molar-refractivity contribution is 5.69. The second-order valence-corrected chi connectivity index (χ2v) is 6.79. The van der Waals surface area contributed by atoms with Crippen LogP contribution in [0.25, 0.3) is 0 Å². The number of hydrogen-bond donors (Lipinski definition) is 1. The molecule has 0 saturated heterocycles. The lowest BCUT2D eigenvalue weighted by atomic mass is 9.54. The summed E-state index contributed by atoms with van der Waals surface area (Å²) in [5.41, 5.74) is 0.506. The summed E-state index contributed by atoms with van der Waals surface area (Å²) >= 11 is 0. The Hall–Kier alpha value is -0.530. The van der Waals surface area contributed by atoms with Crippen molar-refractivity contribution in [3.8, 4) is 0 Å². The van der Waals surface area contributed by atoms with Gasteiger partial charge in [0.25, 0.3) is 0 Å². The Kier molecular flexibility index (Phi) is 3.51. The first-order valence-electron chi connectivity index (χ1n) is 7.17. The van der Waals surface area contributed by atoms with Crippen LogP contribution in [0.15, 0.2) is 0 Å². The zero-order valence-electron chi connectivity index (χ0n) is 11.4. The van der Waals surface area contributed by atoms with Gasteiger partial charge in [-0.25, -0.2) is 0 Å². The molecule has 0 aromatic rings. The maximum absolute atomic E-state index is 11.1. The zero-order chi connectivity index (χ0) is 12.6. The van der Waals surface area contributed by atoms with Crippen LogP contribution in [0, 0.1) is 29.1 Å². The van der Waals surface area contributed by atoms with Crippen molar-refractivity contribution in [2.45, 2.75) is 59.3 Å². The number of hydrogen-bond acceptors (Lipinski definition) is 1. The summed E-state index contributed by atoms with van der Waals surface area (Å²) in [6.07, 6.45) is 7.57. The first-order valence-corrected chi connectivity index (χ1v) is 7.17. The third kappa shape index (κ3) is 2.36. The minimum absolute atomic E-state index is 0.159. The number of carboxylic acids is 1. The van der Waals surface area contributed by atoms with E-state index in [1.807, 2.05) is 6.92 Å². The van der Waals surface area contributed by atoms with Crippen LogP contribution in [0.2, 0.25) is 0 Å². The molecule has 2 heteroatoms. The van der Waals surface area contributed by atoms with Crippen molar-refractivity contribution in [2.24, 2.45) is 29.1 Å². The van der Waals surface area contributed by atoms with Crippen molar-refractivity contribution in [1.29, 1.82) is 0 Å². The molecule has 2 aliphatic rings. The third-order valence-corrected chi connectivity index (χ3v) is 5.73. The van der Waals surface area contributed by atoms with E-state index in [4.69, 9.17) is 5.11 Å². The molecule has 0 radical (unpaired) electrons. The molecular weight excluding hydrogens is 212 g/mol. The normalized spacial score (nSPS) is 43.8. The SMILES string of the molecule is C[C@@H]1CCC[C@]2(C)CC[C@H]([C@H](C)C(=O)O)C[C@@H]12. The Morgan fingerprint density at radius 2 is 2.06 bits per heavy atom. The first kappa shape index (κ1) is 12.9. The van der Waals surface area contributed by atoms with E-state index in [1.165, 1.54) is 25.7 Å². The summed E-state index contributed by atoms with van der Waals surface area (Å²) in [5, 5.41) is 9.16. The van der Waals surface area contributed by atoms with Crippen molar-refractivity contribution in [3.63, 3.8) is 0 Å². The van der Waals surface area contributed by atoms with Crippen LogP contribution in [0.1, 0.15) is 59.3 Å². The van der Waals surface area contributed by atoms with Gasteiger partial charge in [0, 0.05) is 0 Å². The molecule has 0 spiro atoms. The Morgan fingerprint density at radius 1 is 1.35 bits per heavy atom. The molecule has 0 aromatic heterocycles. The predicted octanol–water partition coefficient (Wildman–Crippen LogP) is 3.95. The average Bonchev–Trinajstić information content (AvgIpc) is 2.27. The molecule has 2 rings (SSSR count). The summed E-state index contributed by atoms with van der Waals surface area (Å²) in [6, 6.07) is 0. The second-order valence-electron chi connectivity index (χ2n) is 6.79. The van der Waals surface area contributed by atoms with E-state index < -0.39 is 5.97 Å². The lowest BCUT2D eigenvalue weighted by Crippen LogP contribution is -2.42. The minimum Gasteiger partial charge on any atom is -0.481 e. The molecule has 5 atom stereocenters. The van der Waals surface area contributed by atoms with Gasteiger partial charge >= 0.3 is 5.97 Å². The van der Waals surface area contributed by atoms with Gasteiger partial charge in [-0.1, -0.05) is 33.6 Å². The molecule has 2 nitrogen and oxygen atoms in total. The van der Waals surface area contributed by atoms with Gasteiger partial charge in [0.05, 0.1) is 5.92 Å². The number of carbonyl (C=O) groups is 1. The van der Waals surface area contributed by atoms with Crippen LogP contribution in [-0.2, 0) is 4.79 Å². The molecule has 2 fully saturated rings. The van der Waals surface area contributed by atoms with Crippen LogP contribution < -0.4 is 0 Å². The highest BCUT2D eigenvalue weighted by atomic mass is 16.4. The summed E-state index contributed by atoms with van der Waals surface area (Å²) in [5.74, 6) is 1.19. The van der Waals surface area contributed by atoms with E-state index in [9.17, 15) is 4.79 Å². The Balaban J connectivity index is 2.08. The van der Waals surface area contributed by atoms with E-state index in [1.54, 1.807) is 0 Å². The molecule has 0 heterocycles. The molecule has 0 aliphatic heterocycles. The van der Waals surface area contributed by atoms with Gasteiger partial charge in [0.2, 0.25) is 0 Å². The quantitative estimate of drug-likeness (QED) is 0.791. The third-order valence-electron chi connectivity index (χ3n) is 5.73. The standard InChI is InChI=1S/C15H26O2/c1-10-5-4-7-15(3)8-6-12(9-13(10)15)11(2)14(16)17/h10-13H,4-9H2,1-3H3,(H,16,17)/t10-,11+,12+,13+,15-/m1/s1. The lowest BCUT2D eigenvalue weighted by Gasteiger charge is -2.51. The first-order chi connectivity index (χ1) is 7.94. The van der Waals surface area contributed by atoms with Gasteiger partial charge < -0.3 is 5.11 Å². The fraction of sp³-hybridized carbons (Fsp3) is 0.933. The molecule has 17 heavy (non-hydrogen) atoms. The Bertz CT molecular complexity index is 299. The highest BCUT2D eigenvalue weighted by Crippen LogP contribution is 2.54. The minimum atomic E-state index is -0.609. The zero-order valence-corrected chi connectivity index (χ0v) is 11.4. The fourth-order valence-electron chi connectivity index (χ4n) is 4.34. The molecule has 0 bridgehead atoms. The van der Waals surface area contributed by atoms with Crippen LogP contribution in [0.3, 0.4) is 0 Å². The molecule has 1 N–H and O–H groups in total. The lowest BCUT2D eigenvalue weighted by molar-refractivity contribution is -0.144. The van der Waals surface area contributed by atoms with Crippen LogP contribution in [0.4, 0.5) is 0 Å². The number of rotatable bonds is 2. The molecule has 0 unspecified atom stereocenters.